The number of carbonyl (C=O) groups is 1. The molecule has 1 aliphatic heterocycles. The molecule has 2 aromatic rings. The van der Waals surface area contributed by atoms with Crippen molar-refractivity contribution in [2.45, 2.75) is 6.42 Å². The van der Waals surface area contributed by atoms with Gasteiger partial charge in [0.25, 0.3) is 5.91 Å². The highest BCUT2D eigenvalue weighted by Gasteiger charge is 2.13. The van der Waals surface area contributed by atoms with Crippen LogP contribution in [0.4, 0.5) is 5.69 Å². The number of ether oxygens (including phenoxy) is 2. The lowest BCUT2D eigenvalue weighted by Gasteiger charge is -2.11. The van der Waals surface area contributed by atoms with Gasteiger partial charge in [-0.15, -0.1) is 0 Å². The van der Waals surface area contributed by atoms with Crippen LogP contribution in [0.15, 0.2) is 42.5 Å². The van der Waals surface area contributed by atoms with Crippen LogP contribution in [0, 0.1) is 3.57 Å². The highest BCUT2D eigenvalue weighted by molar-refractivity contribution is 14.1. The van der Waals surface area contributed by atoms with Crippen LogP contribution in [0.1, 0.15) is 16.8 Å². The predicted octanol–water partition coefficient (Wildman–Crippen LogP) is 3.70. The molecule has 0 spiro atoms. The summed E-state index contributed by atoms with van der Waals surface area (Å²) in [4.78, 5) is 12.3. The number of fused-ring (bicyclic) bond motifs is 1. The minimum atomic E-state index is -0.130. The van der Waals surface area contributed by atoms with Crippen molar-refractivity contribution in [2.24, 2.45) is 0 Å². The van der Waals surface area contributed by atoms with E-state index in [9.17, 15) is 4.79 Å². The highest BCUT2D eigenvalue weighted by Crippen LogP contribution is 2.32. The van der Waals surface area contributed by atoms with Gasteiger partial charge in [0, 0.05) is 21.7 Å². The summed E-state index contributed by atoms with van der Waals surface area (Å²) in [5, 5.41) is 2.89. The van der Waals surface area contributed by atoms with Crippen molar-refractivity contribution in [1.82, 2.24) is 0 Å². The Morgan fingerprint density at radius 3 is 2.62 bits per heavy atom. The smallest absolute Gasteiger partial charge is 0.256 e. The van der Waals surface area contributed by atoms with E-state index in [0.717, 1.165) is 15.7 Å². The third kappa shape index (κ3) is 3.29. The van der Waals surface area contributed by atoms with Crippen molar-refractivity contribution >= 4 is 34.2 Å². The van der Waals surface area contributed by atoms with Gasteiger partial charge in [-0.1, -0.05) is 12.1 Å². The minimum Gasteiger partial charge on any atom is -0.490 e. The average molecular weight is 395 g/mol. The molecule has 0 saturated heterocycles. The lowest BCUT2D eigenvalue weighted by atomic mass is 10.2. The van der Waals surface area contributed by atoms with Crippen LogP contribution in [0.25, 0.3) is 0 Å². The summed E-state index contributed by atoms with van der Waals surface area (Å²) in [6.45, 7) is 1.28. The number of rotatable bonds is 2. The fourth-order valence-corrected chi connectivity index (χ4v) is 2.72. The third-order valence-electron chi connectivity index (χ3n) is 3.12. The lowest BCUT2D eigenvalue weighted by Crippen LogP contribution is -2.13. The Morgan fingerprint density at radius 2 is 1.81 bits per heavy atom. The van der Waals surface area contributed by atoms with E-state index in [2.05, 4.69) is 27.9 Å². The molecule has 2 aromatic carbocycles. The Bertz CT molecular complexity index is 672. The van der Waals surface area contributed by atoms with Crippen LogP contribution in [0.3, 0.4) is 0 Å². The maximum atomic E-state index is 12.3. The second-order valence-electron chi connectivity index (χ2n) is 4.65. The van der Waals surface area contributed by atoms with E-state index in [0.29, 0.717) is 30.2 Å². The Morgan fingerprint density at radius 1 is 1.05 bits per heavy atom. The molecule has 0 saturated carbocycles. The summed E-state index contributed by atoms with van der Waals surface area (Å²) in [5.74, 6) is 1.27. The molecule has 5 heteroatoms. The summed E-state index contributed by atoms with van der Waals surface area (Å²) in [5.41, 5.74) is 1.36. The molecule has 1 heterocycles. The van der Waals surface area contributed by atoms with Crippen LogP contribution >= 0.6 is 22.6 Å². The highest BCUT2D eigenvalue weighted by atomic mass is 127. The molecule has 0 atom stereocenters. The van der Waals surface area contributed by atoms with Gasteiger partial charge in [-0.25, -0.2) is 0 Å². The van der Waals surface area contributed by atoms with Gasteiger partial charge in [-0.2, -0.15) is 0 Å². The van der Waals surface area contributed by atoms with E-state index < -0.39 is 0 Å². The Kier molecular flexibility index (Phi) is 4.28. The first kappa shape index (κ1) is 14.2. The second kappa shape index (κ2) is 6.34. The maximum Gasteiger partial charge on any atom is 0.256 e. The number of carbonyl (C=O) groups excluding carboxylic acids is 1. The van der Waals surface area contributed by atoms with Gasteiger partial charge in [0.1, 0.15) is 0 Å². The Labute approximate surface area is 136 Å². The normalized spacial score (nSPS) is 13.4. The number of anilines is 1. The van der Waals surface area contributed by atoms with E-state index in [-0.39, 0.29) is 5.91 Å². The van der Waals surface area contributed by atoms with Gasteiger partial charge in [-0.3, -0.25) is 4.79 Å². The maximum absolute atomic E-state index is 12.3. The van der Waals surface area contributed by atoms with Gasteiger partial charge in [0.15, 0.2) is 11.5 Å². The van der Waals surface area contributed by atoms with Crippen LogP contribution < -0.4 is 14.8 Å². The molecule has 1 N–H and O–H groups in total. The van der Waals surface area contributed by atoms with Crippen molar-refractivity contribution in [2.75, 3.05) is 18.5 Å². The van der Waals surface area contributed by atoms with Crippen LogP contribution in [0.5, 0.6) is 11.5 Å². The first-order valence-electron chi connectivity index (χ1n) is 6.69. The molecular weight excluding hydrogens is 381 g/mol. The van der Waals surface area contributed by atoms with Crippen LogP contribution in [-0.2, 0) is 0 Å². The third-order valence-corrected chi connectivity index (χ3v) is 4.06. The fourth-order valence-electron chi connectivity index (χ4n) is 2.08. The van der Waals surface area contributed by atoms with E-state index in [1.165, 1.54) is 0 Å². The lowest BCUT2D eigenvalue weighted by molar-refractivity contribution is 0.102. The molecule has 21 heavy (non-hydrogen) atoms. The van der Waals surface area contributed by atoms with Gasteiger partial charge >= 0.3 is 0 Å². The molecule has 1 aliphatic rings. The van der Waals surface area contributed by atoms with Gasteiger partial charge in [0.2, 0.25) is 0 Å². The Balaban J connectivity index is 1.81. The number of nitrogens with one attached hydrogen (secondary N) is 1. The first-order chi connectivity index (χ1) is 10.2. The second-order valence-corrected chi connectivity index (χ2v) is 5.81. The largest absolute Gasteiger partial charge is 0.490 e. The summed E-state index contributed by atoms with van der Waals surface area (Å²) in [7, 11) is 0. The molecule has 0 bridgehead atoms. The number of halogens is 1. The van der Waals surface area contributed by atoms with E-state index in [1.807, 2.05) is 30.3 Å². The minimum absolute atomic E-state index is 0.130. The zero-order valence-corrected chi connectivity index (χ0v) is 13.4. The van der Waals surface area contributed by atoms with Gasteiger partial charge in [0.05, 0.1) is 18.8 Å². The number of hydrogen-bond donors (Lipinski definition) is 1. The molecule has 108 valence electrons. The first-order valence-corrected chi connectivity index (χ1v) is 7.77. The summed E-state index contributed by atoms with van der Waals surface area (Å²) >= 11 is 2.15. The molecule has 4 nitrogen and oxygen atoms in total. The monoisotopic (exact) mass is 395 g/mol. The van der Waals surface area contributed by atoms with E-state index >= 15 is 0 Å². The van der Waals surface area contributed by atoms with E-state index in [4.69, 9.17) is 9.47 Å². The van der Waals surface area contributed by atoms with Crippen molar-refractivity contribution in [3.05, 3.63) is 51.6 Å². The molecule has 0 fully saturated rings. The van der Waals surface area contributed by atoms with Crippen molar-refractivity contribution in [1.29, 1.82) is 0 Å². The summed E-state index contributed by atoms with van der Waals surface area (Å²) in [6, 6.07) is 12.9. The van der Waals surface area contributed by atoms with Crippen molar-refractivity contribution in [3.63, 3.8) is 0 Å². The average Bonchev–Trinajstić information content (AvgIpc) is 2.72. The number of benzene rings is 2. The molecule has 1 amide bonds. The summed E-state index contributed by atoms with van der Waals surface area (Å²) in [6.07, 6.45) is 0.860. The molecule has 0 unspecified atom stereocenters. The summed E-state index contributed by atoms with van der Waals surface area (Å²) < 4.78 is 12.1. The fraction of sp³-hybridized carbons (Fsp3) is 0.188. The van der Waals surface area contributed by atoms with Crippen molar-refractivity contribution in [3.8, 4) is 11.5 Å². The molecule has 3 rings (SSSR count). The zero-order valence-electron chi connectivity index (χ0n) is 11.3. The molecule has 0 aliphatic carbocycles. The van der Waals surface area contributed by atoms with E-state index in [1.54, 1.807) is 12.1 Å². The van der Waals surface area contributed by atoms with Gasteiger partial charge < -0.3 is 14.8 Å². The quantitative estimate of drug-likeness (QED) is 0.789. The predicted molar refractivity (Wildman–Crippen MR) is 89.2 cm³/mol. The number of hydrogen-bond acceptors (Lipinski definition) is 3. The van der Waals surface area contributed by atoms with Crippen molar-refractivity contribution < 1.29 is 14.3 Å². The molecular formula is C16H14INO3. The number of amides is 1. The standard InChI is InChI=1S/C16H14INO3/c17-13-5-2-1-4-12(13)16(19)18-11-6-7-14-15(10-11)21-9-3-8-20-14/h1-2,4-7,10H,3,8-9H2,(H,18,19). The SMILES string of the molecule is O=C(Nc1ccc2c(c1)OCCCO2)c1ccccc1I. The topological polar surface area (TPSA) is 47.6 Å². The van der Waals surface area contributed by atoms with Crippen LogP contribution in [0.2, 0.25) is 0 Å². The molecule has 0 radical (unpaired) electrons. The van der Waals surface area contributed by atoms with Crippen LogP contribution in [-0.4, -0.2) is 19.1 Å². The van der Waals surface area contributed by atoms with Gasteiger partial charge in [-0.05, 0) is 46.9 Å². The Hall–Kier alpha value is -1.76. The zero-order chi connectivity index (χ0) is 14.7. The molecule has 0 aromatic heterocycles.